The SMILES string of the molecule is COc1cc(C(F)(F)F)ccc1CCNC=O.OCCC1CCN(c2cc(N3CCC3)nc(C(F)(F)F)n2)CC1. The molecule has 1 aromatic carbocycles. The number of nitrogens with zero attached hydrogens (tertiary/aromatic N) is 4. The zero-order valence-corrected chi connectivity index (χ0v) is 22.1. The van der Waals surface area contributed by atoms with Gasteiger partial charge in [-0.2, -0.15) is 26.3 Å². The highest BCUT2D eigenvalue weighted by Crippen LogP contribution is 2.34. The van der Waals surface area contributed by atoms with Gasteiger partial charge in [0.1, 0.15) is 17.4 Å². The molecule has 4 rings (SSSR count). The predicted octanol–water partition coefficient (Wildman–Crippen LogP) is 4.31. The highest BCUT2D eigenvalue weighted by atomic mass is 19.4. The summed E-state index contributed by atoms with van der Waals surface area (Å²) in [4.78, 5) is 21.2. The molecule has 2 fully saturated rings. The molecule has 1 amide bonds. The lowest BCUT2D eigenvalue weighted by molar-refractivity contribution is -0.144. The number of hydrogen-bond acceptors (Lipinski definition) is 7. The fourth-order valence-electron chi connectivity index (χ4n) is 4.44. The molecule has 2 aliphatic heterocycles. The molecule has 40 heavy (non-hydrogen) atoms. The van der Waals surface area contributed by atoms with Gasteiger partial charge in [-0.25, -0.2) is 9.97 Å². The Morgan fingerprint density at radius 3 is 2.10 bits per heavy atom. The number of alkyl halides is 6. The van der Waals surface area contributed by atoms with Crippen molar-refractivity contribution in [1.29, 1.82) is 0 Å². The molecule has 0 radical (unpaired) electrons. The summed E-state index contributed by atoms with van der Waals surface area (Å²) in [5, 5.41) is 11.4. The quantitative estimate of drug-likeness (QED) is 0.261. The van der Waals surface area contributed by atoms with Crippen molar-refractivity contribution in [2.24, 2.45) is 5.92 Å². The summed E-state index contributed by atoms with van der Waals surface area (Å²) >= 11 is 0. The van der Waals surface area contributed by atoms with Gasteiger partial charge in [0.05, 0.1) is 12.7 Å². The number of piperidine rings is 1. The summed E-state index contributed by atoms with van der Waals surface area (Å²) in [5.41, 5.74) is -0.128. The first-order valence-corrected chi connectivity index (χ1v) is 12.9. The third-order valence-corrected chi connectivity index (χ3v) is 6.84. The first kappa shape index (κ1) is 31.2. The first-order chi connectivity index (χ1) is 19.0. The number of benzene rings is 1. The van der Waals surface area contributed by atoms with Gasteiger partial charge in [-0.1, -0.05) is 6.07 Å². The van der Waals surface area contributed by atoms with Crippen molar-refractivity contribution in [3.63, 3.8) is 0 Å². The van der Waals surface area contributed by atoms with Crippen LogP contribution < -0.4 is 19.9 Å². The Morgan fingerprint density at radius 2 is 1.62 bits per heavy atom. The van der Waals surface area contributed by atoms with Crippen LogP contribution in [0.15, 0.2) is 24.3 Å². The highest BCUT2D eigenvalue weighted by Gasteiger charge is 2.37. The molecule has 14 heteroatoms. The van der Waals surface area contributed by atoms with Gasteiger partial charge >= 0.3 is 12.4 Å². The third-order valence-electron chi connectivity index (χ3n) is 6.84. The van der Waals surface area contributed by atoms with E-state index < -0.39 is 23.7 Å². The molecule has 0 spiro atoms. The molecule has 2 saturated heterocycles. The van der Waals surface area contributed by atoms with E-state index in [1.165, 1.54) is 13.2 Å². The Bertz CT molecular complexity index is 1100. The summed E-state index contributed by atoms with van der Waals surface area (Å²) in [5.74, 6) is 0.277. The Morgan fingerprint density at radius 1 is 1.00 bits per heavy atom. The maximum Gasteiger partial charge on any atom is 0.451 e. The summed E-state index contributed by atoms with van der Waals surface area (Å²) in [6.45, 7) is 3.33. The topological polar surface area (TPSA) is 90.8 Å². The summed E-state index contributed by atoms with van der Waals surface area (Å²) in [6, 6.07) is 4.98. The maximum absolute atomic E-state index is 13.1. The lowest BCUT2D eigenvalue weighted by Gasteiger charge is -2.35. The van der Waals surface area contributed by atoms with Crippen LogP contribution in [0.5, 0.6) is 5.75 Å². The second-order valence-corrected chi connectivity index (χ2v) is 9.54. The Balaban J connectivity index is 0.000000232. The number of carbonyl (C=O) groups is 1. The summed E-state index contributed by atoms with van der Waals surface area (Å²) in [7, 11) is 1.31. The number of nitrogens with one attached hydrogen (secondary N) is 1. The largest absolute Gasteiger partial charge is 0.496 e. The van der Waals surface area contributed by atoms with E-state index in [0.29, 0.717) is 55.6 Å². The number of ether oxygens (including phenoxy) is 1. The van der Waals surface area contributed by atoms with Crippen LogP contribution in [-0.2, 0) is 23.6 Å². The van der Waals surface area contributed by atoms with Crippen LogP contribution in [-0.4, -0.2) is 67.9 Å². The van der Waals surface area contributed by atoms with Gasteiger partial charge in [-0.05, 0) is 55.7 Å². The molecular weight excluding hydrogens is 544 g/mol. The number of rotatable bonds is 9. The number of hydrogen-bond donors (Lipinski definition) is 2. The van der Waals surface area contributed by atoms with E-state index in [-0.39, 0.29) is 12.4 Å². The van der Waals surface area contributed by atoms with E-state index in [9.17, 15) is 31.1 Å². The Hall–Kier alpha value is -3.29. The van der Waals surface area contributed by atoms with Crippen LogP contribution >= 0.6 is 0 Å². The van der Waals surface area contributed by atoms with Crippen LogP contribution in [0.3, 0.4) is 0 Å². The zero-order valence-electron chi connectivity index (χ0n) is 22.1. The number of aromatic nitrogens is 2. The molecule has 3 heterocycles. The molecule has 0 saturated carbocycles. The molecule has 8 nitrogen and oxygen atoms in total. The summed E-state index contributed by atoms with van der Waals surface area (Å²) in [6.07, 6.45) is -4.50. The molecule has 1 aromatic heterocycles. The number of carbonyl (C=O) groups excluding carboxylic acids is 1. The fourth-order valence-corrected chi connectivity index (χ4v) is 4.44. The molecular formula is C26H33F6N5O3. The van der Waals surface area contributed by atoms with Crippen LogP contribution in [0.1, 0.15) is 42.6 Å². The highest BCUT2D eigenvalue weighted by molar-refractivity contribution is 5.52. The molecule has 0 atom stereocenters. The van der Waals surface area contributed by atoms with Gasteiger partial charge in [0.15, 0.2) is 0 Å². The molecule has 0 aliphatic carbocycles. The lowest BCUT2D eigenvalue weighted by Crippen LogP contribution is -2.39. The van der Waals surface area contributed by atoms with Crippen molar-refractivity contribution >= 4 is 18.0 Å². The second-order valence-electron chi connectivity index (χ2n) is 9.54. The van der Waals surface area contributed by atoms with Gasteiger partial charge in [-0.15, -0.1) is 0 Å². The van der Waals surface area contributed by atoms with Gasteiger partial charge < -0.3 is 25.0 Å². The van der Waals surface area contributed by atoms with E-state index in [1.807, 2.05) is 9.80 Å². The normalized spacial score (nSPS) is 16.1. The van der Waals surface area contributed by atoms with Crippen molar-refractivity contribution < 1.29 is 41.0 Å². The number of aliphatic hydroxyl groups is 1. The lowest BCUT2D eigenvalue weighted by atomic mass is 9.94. The number of anilines is 2. The van der Waals surface area contributed by atoms with E-state index in [0.717, 1.165) is 50.9 Å². The maximum atomic E-state index is 13.1. The molecule has 222 valence electrons. The van der Waals surface area contributed by atoms with Crippen molar-refractivity contribution in [3.8, 4) is 5.75 Å². The monoisotopic (exact) mass is 577 g/mol. The van der Waals surface area contributed by atoms with Crippen molar-refractivity contribution in [1.82, 2.24) is 15.3 Å². The average Bonchev–Trinajstić information content (AvgIpc) is 2.88. The summed E-state index contributed by atoms with van der Waals surface area (Å²) < 4.78 is 81.4. The van der Waals surface area contributed by atoms with E-state index in [4.69, 9.17) is 9.84 Å². The van der Waals surface area contributed by atoms with Gasteiger partial charge in [0, 0.05) is 45.4 Å². The number of aliphatic hydroxyl groups excluding tert-OH is 1. The predicted molar refractivity (Wildman–Crippen MR) is 136 cm³/mol. The minimum Gasteiger partial charge on any atom is -0.496 e. The van der Waals surface area contributed by atoms with E-state index >= 15 is 0 Å². The number of methoxy groups -OCH3 is 1. The first-order valence-electron chi connectivity index (χ1n) is 12.9. The molecule has 2 aromatic rings. The standard InChI is InChI=1S/C15H21F3N4O.C11H12F3NO2/c16-15(17,18)14-19-12(21-5-1-6-21)10-13(20-14)22-7-2-11(3-8-22)4-9-23;1-17-10-6-9(11(12,13)14)3-2-8(10)4-5-15-7-16/h10-11,23H,1-9H2;2-3,6-7H,4-5H2,1H3,(H,15,16). The Labute approximate surface area is 228 Å². The minimum absolute atomic E-state index is 0.162. The third kappa shape index (κ3) is 8.60. The molecule has 2 aliphatic rings. The molecule has 2 N–H and O–H groups in total. The molecule has 0 bridgehead atoms. The van der Waals surface area contributed by atoms with Crippen LogP contribution in [0, 0.1) is 5.92 Å². The zero-order chi connectivity index (χ0) is 29.3. The smallest absolute Gasteiger partial charge is 0.451 e. The van der Waals surface area contributed by atoms with Gasteiger partial charge in [0.2, 0.25) is 12.2 Å². The minimum atomic E-state index is -4.54. The average molecular weight is 578 g/mol. The van der Waals surface area contributed by atoms with Crippen molar-refractivity contribution in [2.45, 2.75) is 44.5 Å². The van der Waals surface area contributed by atoms with Crippen LogP contribution in [0.25, 0.3) is 0 Å². The van der Waals surface area contributed by atoms with Gasteiger partial charge in [-0.3, -0.25) is 4.79 Å². The van der Waals surface area contributed by atoms with Crippen LogP contribution in [0.4, 0.5) is 38.0 Å². The molecule has 0 unspecified atom stereocenters. The number of halogens is 6. The Kier molecular flexibility index (Phi) is 10.8. The van der Waals surface area contributed by atoms with Crippen molar-refractivity contribution in [2.75, 3.05) is 56.2 Å². The fraction of sp³-hybridized carbons (Fsp3) is 0.577. The number of amides is 1. The van der Waals surface area contributed by atoms with Crippen LogP contribution in [0.2, 0.25) is 0 Å². The van der Waals surface area contributed by atoms with E-state index in [2.05, 4.69) is 15.3 Å². The van der Waals surface area contributed by atoms with E-state index in [1.54, 1.807) is 6.07 Å². The van der Waals surface area contributed by atoms with Crippen molar-refractivity contribution in [3.05, 3.63) is 41.2 Å². The van der Waals surface area contributed by atoms with Gasteiger partial charge in [0.25, 0.3) is 0 Å². The second kappa shape index (κ2) is 13.9.